The largest absolute Gasteiger partial charge is 0.467 e. The summed E-state index contributed by atoms with van der Waals surface area (Å²) in [6.45, 7) is 5.95. The van der Waals surface area contributed by atoms with E-state index in [0.717, 1.165) is 19.3 Å². The maximum atomic E-state index is 13.1. The molecule has 34 heavy (non-hydrogen) atoms. The first-order chi connectivity index (χ1) is 15.9. The minimum absolute atomic E-state index is 0.0353. The maximum Gasteiger partial charge on any atom is 0.328 e. The Morgan fingerprint density at radius 3 is 2.74 bits per heavy atom. The molecule has 186 valence electrons. The summed E-state index contributed by atoms with van der Waals surface area (Å²) in [7, 11) is 1.23. The number of amides is 2. The van der Waals surface area contributed by atoms with Crippen molar-refractivity contribution in [2.24, 2.45) is 28.4 Å². The van der Waals surface area contributed by atoms with Gasteiger partial charge in [0.05, 0.1) is 18.8 Å². The van der Waals surface area contributed by atoms with Gasteiger partial charge in [-0.25, -0.2) is 4.79 Å². The summed E-state index contributed by atoms with van der Waals surface area (Å²) in [6.07, 6.45) is 10.2. The van der Waals surface area contributed by atoms with Crippen LogP contribution in [0.4, 0.5) is 0 Å². The predicted molar refractivity (Wildman–Crippen MR) is 124 cm³/mol. The van der Waals surface area contributed by atoms with Gasteiger partial charge in [-0.1, -0.05) is 19.1 Å². The van der Waals surface area contributed by atoms with Gasteiger partial charge in [0.2, 0.25) is 11.8 Å². The Morgan fingerprint density at radius 2 is 2.09 bits per heavy atom. The molecule has 3 aliphatic carbocycles. The molecule has 7 atom stereocenters. The number of esters is 1. The maximum absolute atomic E-state index is 13.1. The molecule has 4 bridgehead atoms. The number of primary amides is 1. The first-order valence-electron chi connectivity index (χ1n) is 12.2. The molecule has 5 aliphatic rings. The third-order valence-corrected chi connectivity index (χ3v) is 8.86. The summed E-state index contributed by atoms with van der Waals surface area (Å²) in [5.41, 5.74) is 5.04. The van der Waals surface area contributed by atoms with Crippen LogP contribution in [0.15, 0.2) is 23.8 Å². The number of nitrogens with one attached hydrogen (secondary N) is 1. The second-order valence-corrected chi connectivity index (χ2v) is 11.1. The van der Waals surface area contributed by atoms with Gasteiger partial charge in [0.15, 0.2) is 5.78 Å². The van der Waals surface area contributed by atoms with Crippen molar-refractivity contribution in [3.05, 3.63) is 23.8 Å². The molecule has 2 amide bonds. The Bertz CT molecular complexity index is 972. The standard InChI is InChI=1S/C26H36N2O6/c1-15(22(31)28-17(23(32)33-4)7-8-20(27)30)6-5-10-24(2)19(29)9-11-26-13-16-12-18(21(24)26)34-25(16,3)14-26/h6,9,11,16-18,21H,5,7-8,10,12-14H2,1-4H3,(H2,27,30)(H,28,31)/b15-6+/t16-,17+,18+,21?,24-,25+,26+/m1/s1. The van der Waals surface area contributed by atoms with Crippen molar-refractivity contribution in [2.75, 3.05) is 7.11 Å². The van der Waals surface area contributed by atoms with Crippen LogP contribution in [0.2, 0.25) is 0 Å². The zero-order valence-electron chi connectivity index (χ0n) is 20.5. The molecule has 1 unspecified atom stereocenters. The number of hydrogen-bond donors (Lipinski definition) is 2. The molecule has 5 rings (SSSR count). The molecular formula is C26H36N2O6. The van der Waals surface area contributed by atoms with Gasteiger partial charge in [-0.3, -0.25) is 14.4 Å². The third-order valence-electron chi connectivity index (χ3n) is 8.86. The van der Waals surface area contributed by atoms with E-state index in [4.69, 9.17) is 15.2 Å². The lowest BCUT2D eigenvalue weighted by Crippen LogP contribution is -2.56. The summed E-state index contributed by atoms with van der Waals surface area (Å²) in [5, 5.41) is 2.63. The average molecular weight is 473 g/mol. The van der Waals surface area contributed by atoms with E-state index in [1.807, 2.05) is 6.08 Å². The average Bonchev–Trinajstić information content (AvgIpc) is 3.14. The lowest BCUT2D eigenvalue weighted by atomic mass is 9.51. The summed E-state index contributed by atoms with van der Waals surface area (Å²) >= 11 is 0. The number of ether oxygens (including phenoxy) is 2. The lowest BCUT2D eigenvalue weighted by molar-refractivity contribution is -0.168. The van der Waals surface area contributed by atoms with E-state index in [1.165, 1.54) is 7.11 Å². The van der Waals surface area contributed by atoms with Crippen LogP contribution in [0.25, 0.3) is 0 Å². The van der Waals surface area contributed by atoms with Crippen molar-refractivity contribution in [2.45, 2.75) is 83.5 Å². The summed E-state index contributed by atoms with van der Waals surface area (Å²) in [6, 6.07) is -0.946. The first-order valence-corrected chi connectivity index (χ1v) is 12.2. The SMILES string of the molecule is COC(=O)[C@H](CCC(N)=O)NC(=O)/C(C)=C/CC[C@]1(C)C(=O)C=C[C@]23C[C@H]4C[C@H](O[C@@]4(C)C2)C31. The second kappa shape index (κ2) is 8.63. The number of ketones is 1. The smallest absolute Gasteiger partial charge is 0.328 e. The predicted octanol–water partition coefficient (Wildman–Crippen LogP) is 2.36. The topological polar surface area (TPSA) is 125 Å². The minimum atomic E-state index is -0.946. The van der Waals surface area contributed by atoms with Gasteiger partial charge < -0.3 is 20.5 Å². The highest BCUT2D eigenvalue weighted by Crippen LogP contribution is 2.71. The van der Waals surface area contributed by atoms with Gasteiger partial charge in [0.25, 0.3) is 0 Å². The Hall–Kier alpha value is -2.48. The van der Waals surface area contributed by atoms with E-state index < -0.39 is 29.2 Å². The normalized spacial score (nSPS) is 38.5. The number of methoxy groups -OCH3 is 1. The van der Waals surface area contributed by atoms with E-state index in [0.29, 0.717) is 24.3 Å². The summed E-state index contributed by atoms with van der Waals surface area (Å²) in [5.74, 6) is -0.730. The van der Waals surface area contributed by atoms with E-state index in [-0.39, 0.29) is 41.7 Å². The minimum Gasteiger partial charge on any atom is -0.467 e. The van der Waals surface area contributed by atoms with E-state index >= 15 is 0 Å². The second-order valence-electron chi connectivity index (χ2n) is 11.1. The van der Waals surface area contributed by atoms with E-state index in [2.05, 4.69) is 25.2 Å². The van der Waals surface area contributed by atoms with Gasteiger partial charge in [-0.05, 0) is 69.8 Å². The van der Waals surface area contributed by atoms with Crippen molar-refractivity contribution >= 4 is 23.6 Å². The van der Waals surface area contributed by atoms with Crippen molar-refractivity contribution in [3.8, 4) is 0 Å². The fraction of sp³-hybridized carbons (Fsp3) is 0.692. The Balaban J connectivity index is 1.42. The zero-order valence-corrected chi connectivity index (χ0v) is 20.5. The molecule has 0 aromatic carbocycles. The molecule has 0 aromatic heterocycles. The Labute approximate surface area is 200 Å². The molecule has 3 N–H and O–H groups in total. The van der Waals surface area contributed by atoms with Crippen LogP contribution in [0.3, 0.4) is 0 Å². The fourth-order valence-electron chi connectivity index (χ4n) is 7.27. The van der Waals surface area contributed by atoms with Crippen molar-refractivity contribution in [1.29, 1.82) is 0 Å². The Kier molecular flexibility index (Phi) is 6.25. The molecular weight excluding hydrogens is 436 g/mol. The van der Waals surface area contributed by atoms with Gasteiger partial charge in [-0.2, -0.15) is 0 Å². The quantitative estimate of drug-likeness (QED) is 0.392. The van der Waals surface area contributed by atoms with Crippen molar-refractivity contribution in [1.82, 2.24) is 5.32 Å². The summed E-state index contributed by atoms with van der Waals surface area (Å²) in [4.78, 5) is 48.9. The first kappa shape index (κ1) is 24.6. The molecule has 2 aliphatic heterocycles. The number of rotatable bonds is 9. The van der Waals surface area contributed by atoms with Crippen molar-refractivity contribution in [3.63, 3.8) is 0 Å². The highest BCUT2D eigenvalue weighted by molar-refractivity contribution is 5.97. The van der Waals surface area contributed by atoms with Crippen LogP contribution < -0.4 is 11.1 Å². The molecule has 4 fully saturated rings. The van der Waals surface area contributed by atoms with Crippen LogP contribution in [0, 0.1) is 22.7 Å². The van der Waals surface area contributed by atoms with Gasteiger partial charge in [0, 0.05) is 23.3 Å². The number of hydrogen-bond acceptors (Lipinski definition) is 6. The van der Waals surface area contributed by atoms with Crippen LogP contribution >= 0.6 is 0 Å². The number of carbonyl (C=O) groups excluding carboxylic acids is 4. The number of carbonyl (C=O) groups is 4. The highest BCUT2D eigenvalue weighted by atomic mass is 16.5. The fourth-order valence-corrected chi connectivity index (χ4v) is 7.27. The molecule has 1 spiro atoms. The molecule has 2 saturated heterocycles. The Morgan fingerprint density at radius 1 is 1.35 bits per heavy atom. The van der Waals surface area contributed by atoms with Crippen LogP contribution in [-0.4, -0.2) is 48.4 Å². The zero-order chi connectivity index (χ0) is 24.9. The van der Waals surface area contributed by atoms with Gasteiger partial charge in [0.1, 0.15) is 6.04 Å². The van der Waals surface area contributed by atoms with Crippen molar-refractivity contribution < 1.29 is 28.7 Å². The van der Waals surface area contributed by atoms with Gasteiger partial charge >= 0.3 is 5.97 Å². The van der Waals surface area contributed by atoms with Crippen LogP contribution in [0.5, 0.6) is 0 Å². The molecule has 0 radical (unpaired) electrons. The van der Waals surface area contributed by atoms with Crippen LogP contribution in [-0.2, 0) is 28.7 Å². The highest BCUT2D eigenvalue weighted by Gasteiger charge is 2.71. The van der Waals surface area contributed by atoms with Crippen LogP contribution in [0.1, 0.15) is 65.7 Å². The number of allylic oxidation sites excluding steroid dienone is 3. The molecule has 0 aromatic rings. The monoisotopic (exact) mass is 472 g/mol. The third kappa shape index (κ3) is 4.00. The van der Waals surface area contributed by atoms with Gasteiger partial charge in [-0.15, -0.1) is 0 Å². The molecule has 8 heteroatoms. The molecule has 2 saturated carbocycles. The summed E-state index contributed by atoms with van der Waals surface area (Å²) < 4.78 is 11.2. The van der Waals surface area contributed by atoms with E-state index in [9.17, 15) is 19.2 Å². The number of nitrogens with two attached hydrogens (primary N) is 1. The molecule has 2 heterocycles. The molecule has 8 nitrogen and oxygen atoms in total. The lowest BCUT2D eigenvalue weighted by Gasteiger charge is -2.55. The van der Waals surface area contributed by atoms with E-state index in [1.54, 1.807) is 13.0 Å².